The molecule has 2 aromatic rings. The topological polar surface area (TPSA) is 9.23 Å². The number of hydrogen-bond acceptors (Lipinski definition) is 1. The van der Waals surface area contributed by atoms with Gasteiger partial charge in [-0.3, -0.25) is 0 Å². The lowest BCUT2D eigenvalue weighted by Crippen LogP contribution is -2.02. The molecule has 0 spiro atoms. The van der Waals surface area contributed by atoms with Crippen LogP contribution in [0.5, 0.6) is 5.75 Å². The van der Waals surface area contributed by atoms with Gasteiger partial charge in [0.2, 0.25) is 0 Å². The Labute approximate surface area is 128 Å². The summed E-state index contributed by atoms with van der Waals surface area (Å²) in [4.78, 5) is 0. The minimum atomic E-state index is -2.81. The van der Waals surface area contributed by atoms with E-state index in [0.717, 1.165) is 24.0 Å². The monoisotopic (exact) mass is 310 g/mol. The summed E-state index contributed by atoms with van der Waals surface area (Å²) in [5.41, 5.74) is 3.12. The maximum atomic E-state index is 12.1. The second-order valence-corrected chi connectivity index (χ2v) is 5.24. The Morgan fingerprint density at radius 1 is 0.952 bits per heavy atom. The lowest BCUT2D eigenvalue weighted by molar-refractivity contribution is -0.0498. The van der Waals surface area contributed by atoms with Crippen LogP contribution in [0.1, 0.15) is 35.4 Å². The number of rotatable bonds is 6. The highest BCUT2D eigenvalue weighted by atomic mass is 35.5. The van der Waals surface area contributed by atoms with Gasteiger partial charge in [-0.15, -0.1) is 11.6 Å². The van der Waals surface area contributed by atoms with Crippen molar-refractivity contribution in [1.29, 1.82) is 0 Å². The third-order valence-electron chi connectivity index (χ3n) is 3.21. The fourth-order valence-corrected chi connectivity index (χ4v) is 2.44. The fraction of sp³-hybridized carbons (Fsp3) is 0.294. The number of ether oxygens (including phenoxy) is 1. The zero-order chi connectivity index (χ0) is 15.2. The molecule has 0 saturated carbocycles. The summed E-state index contributed by atoms with van der Waals surface area (Å²) in [6.45, 7) is -0.671. The maximum absolute atomic E-state index is 12.1. The highest BCUT2D eigenvalue weighted by molar-refractivity contribution is 6.22. The van der Waals surface area contributed by atoms with Crippen molar-refractivity contribution in [3.63, 3.8) is 0 Å². The largest absolute Gasteiger partial charge is 0.435 e. The summed E-state index contributed by atoms with van der Waals surface area (Å²) in [6, 6.07) is 14.6. The van der Waals surface area contributed by atoms with Crippen LogP contribution >= 0.6 is 11.6 Å². The van der Waals surface area contributed by atoms with E-state index >= 15 is 0 Å². The van der Waals surface area contributed by atoms with Gasteiger partial charge >= 0.3 is 6.61 Å². The van der Waals surface area contributed by atoms with Crippen molar-refractivity contribution in [1.82, 2.24) is 0 Å². The van der Waals surface area contributed by atoms with Crippen LogP contribution in [0.25, 0.3) is 0 Å². The molecule has 1 unspecified atom stereocenters. The molecule has 0 aliphatic carbocycles. The van der Waals surface area contributed by atoms with Crippen molar-refractivity contribution in [2.45, 2.75) is 31.8 Å². The van der Waals surface area contributed by atoms with E-state index in [9.17, 15) is 8.78 Å². The molecule has 0 saturated heterocycles. The SMILES string of the molecule is CCCc1ccc(C(Cl)c2ccc(OC(F)F)cc2)cc1. The Hall–Kier alpha value is -1.61. The van der Waals surface area contributed by atoms with Crippen LogP contribution in [0.4, 0.5) is 8.78 Å². The fourth-order valence-electron chi connectivity index (χ4n) is 2.15. The lowest BCUT2D eigenvalue weighted by Gasteiger charge is -2.12. The van der Waals surface area contributed by atoms with Crippen LogP contribution in [-0.4, -0.2) is 6.61 Å². The molecule has 2 rings (SSSR count). The van der Waals surface area contributed by atoms with Crippen LogP contribution in [0.3, 0.4) is 0 Å². The van der Waals surface area contributed by atoms with E-state index in [1.165, 1.54) is 17.7 Å². The third kappa shape index (κ3) is 4.43. The summed E-state index contributed by atoms with van der Waals surface area (Å²) in [5.74, 6) is 0.135. The van der Waals surface area contributed by atoms with Gasteiger partial charge in [-0.1, -0.05) is 49.7 Å². The molecule has 0 amide bonds. The number of benzene rings is 2. The zero-order valence-electron chi connectivity index (χ0n) is 11.7. The van der Waals surface area contributed by atoms with Crippen molar-refractivity contribution >= 4 is 11.6 Å². The number of halogens is 3. The molecule has 0 aliphatic rings. The van der Waals surface area contributed by atoms with Gasteiger partial charge in [0, 0.05) is 0 Å². The van der Waals surface area contributed by atoms with Crippen molar-refractivity contribution in [2.75, 3.05) is 0 Å². The molecule has 4 heteroatoms. The predicted molar refractivity (Wildman–Crippen MR) is 81.2 cm³/mol. The number of alkyl halides is 3. The zero-order valence-corrected chi connectivity index (χ0v) is 12.5. The summed E-state index contributed by atoms with van der Waals surface area (Å²) in [5, 5.41) is -0.304. The minimum absolute atomic E-state index is 0.135. The molecule has 0 aliphatic heterocycles. The molecule has 0 heterocycles. The standard InChI is InChI=1S/C17H17ClF2O/c1-2-3-12-4-6-13(7-5-12)16(18)14-8-10-15(11-9-14)21-17(19)20/h4-11,16-17H,2-3H2,1H3. The van der Waals surface area contributed by atoms with Crippen molar-refractivity contribution in [2.24, 2.45) is 0 Å². The van der Waals surface area contributed by atoms with E-state index < -0.39 is 6.61 Å². The molecule has 0 fully saturated rings. The highest BCUT2D eigenvalue weighted by Gasteiger charge is 2.11. The van der Waals surface area contributed by atoms with Gasteiger partial charge in [-0.2, -0.15) is 8.78 Å². The maximum Gasteiger partial charge on any atom is 0.387 e. The van der Waals surface area contributed by atoms with Crippen molar-refractivity contribution in [3.05, 3.63) is 65.2 Å². The molecule has 112 valence electrons. The van der Waals surface area contributed by atoms with Crippen molar-refractivity contribution in [3.8, 4) is 5.75 Å². The van der Waals surface area contributed by atoms with E-state index in [4.69, 9.17) is 11.6 Å². The molecule has 0 radical (unpaired) electrons. The summed E-state index contributed by atoms with van der Waals surface area (Å²) in [6.07, 6.45) is 2.15. The molecule has 1 atom stereocenters. The molecular formula is C17H17ClF2O. The Bertz CT molecular complexity index is 552. The van der Waals surface area contributed by atoms with Crippen LogP contribution < -0.4 is 4.74 Å². The lowest BCUT2D eigenvalue weighted by atomic mass is 10.0. The van der Waals surface area contributed by atoms with Crippen LogP contribution in [0.2, 0.25) is 0 Å². The van der Waals surface area contributed by atoms with E-state index in [1.54, 1.807) is 12.1 Å². The van der Waals surface area contributed by atoms with E-state index in [0.29, 0.717) is 0 Å². The first-order chi connectivity index (χ1) is 10.1. The van der Waals surface area contributed by atoms with Gasteiger partial charge in [-0.25, -0.2) is 0 Å². The van der Waals surface area contributed by atoms with E-state index in [2.05, 4.69) is 23.8 Å². The molecule has 0 bridgehead atoms. The Kier molecular flexibility index (Phi) is 5.57. The second kappa shape index (κ2) is 7.41. The number of hydrogen-bond donors (Lipinski definition) is 0. The Morgan fingerprint density at radius 2 is 1.48 bits per heavy atom. The van der Waals surface area contributed by atoms with Crippen LogP contribution in [-0.2, 0) is 6.42 Å². The van der Waals surface area contributed by atoms with Gasteiger partial charge in [0.1, 0.15) is 5.75 Å². The second-order valence-electron chi connectivity index (χ2n) is 4.80. The van der Waals surface area contributed by atoms with Crippen molar-refractivity contribution < 1.29 is 13.5 Å². The Morgan fingerprint density at radius 3 is 1.95 bits per heavy atom. The predicted octanol–water partition coefficient (Wildman–Crippen LogP) is 5.57. The normalized spacial score (nSPS) is 12.4. The van der Waals surface area contributed by atoms with Gasteiger partial charge < -0.3 is 4.74 Å². The van der Waals surface area contributed by atoms with E-state index in [1.807, 2.05) is 12.1 Å². The van der Waals surface area contributed by atoms with Gasteiger partial charge in [0.25, 0.3) is 0 Å². The number of aryl methyl sites for hydroxylation is 1. The average Bonchev–Trinajstić information content (AvgIpc) is 2.48. The first kappa shape index (κ1) is 15.8. The molecule has 0 aromatic heterocycles. The molecule has 21 heavy (non-hydrogen) atoms. The molecular weight excluding hydrogens is 294 g/mol. The summed E-state index contributed by atoms with van der Waals surface area (Å²) in [7, 11) is 0. The first-order valence-electron chi connectivity index (χ1n) is 6.88. The quantitative estimate of drug-likeness (QED) is 0.634. The van der Waals surface area contributed by atoms with Gasteiger partial charge in [-0.05, 0) is 35.2 Å². The average molecular weight is 311 g/mol. The van der Waals surface area contributed by atoms with Crippen LogP contribution in [0, 0.1) is 0 Å². The third-order valence-corrected chi connectivity index (χ3v) is 3.71. The molecule has 1 nitrogen and oxygen atoms in total. The Balaban J connectivity index is 2.09. The summed E-state index contributed by atoms with van der Waals surface area (Å²) < 4.78 is 28.5. The smallest absolute Gasteiger partial charge is 0.387 e. The highest BCUT2D eigenvalue weighted by Crippen LogP contribution is 2.30. The molecule has 2 aromatic carbocycles. The van der Waals surface area contributed by atoms with E-state index in [-0.39, 0.29) is 11.1 Å². The minimum Gasteiger partial charge on any atom is -0.435 e. The van der Waals surface area contributed by atoms with Gasteiger partial charge in [0.05, 0.1) is 5.38 Å². The first-order valence-corrected chi connectivity index (χ1v) is 7.31. The van der Waals surface area contributed by atoms with Crippen LogP contribution in [0.15, 0.2) is 48.5 Å². The van der Waals surface area contributed by atoms with Gasteiger partial charge in [0.15, 0.2) is 0 Å². The molecule has 0 N–H and O–H groups in total. The summed E-state index contributed by atoms with van der Waals surface area (Å²) >= 11 is 6.43.